The Morgan fingerprint density at radius 1 is 0.905 bits per heavy atom. The first-order chi connectivity index (χ1) is 9.80. The molecule has 0 aliphatic heterocycles. The summed E-state index contributed by atoms with van der Waals surface area (Å²) in [7, 11) is 0. The summed E-state index contributed by atoms with van der Waals surface area (Å²) in [5.74, 6) is -2.27. The summed E-state index contributed by atoms with van der Waals surface area (Å²) in [5, 5.41) is 8.86. The average molecular weight is 294 g/mol. The van der Waals surface area contributed by atoms with Gasteiger partial charge in [0.1, 0.15) is 0 Å². The monoisotopic (exact) mass is 294 g/mol. The van der Waals surface area contributed by atoms with Crippen molar-refractivity contribution in [2.24, 2.45) is 0 Å². The third-order valence-corrected chi connectivity index (χ3v) is 2.85. The molecule has 0 spiro atoms. The molecule has 2 rings (SSSR count). The number of halogens is 3. The zero-order chi connectivity index (χ0) is 15.6. The van der Waals surface area contributed by atoms with Gasteiger partial charge in [-0.05, 0) is 18.2 Å². The number of hydrogen-bond donors (Lipinski definition) is 1. The van der Waals surface area contributed by atoms with E-state index < -0.39 is 29.1 Å². The Hall–Kier alpha value is -2.63. The molecule has 0 aromatic heterocycles. The second-order valence-electron chi connectivity index (χ2n) is 4.26. The Labute approximate surface area is 117 Å². The maximum atomic E-state index is 13.0. The Morgan fingerprint density at radius 3 is 2.05 bits per heavy atom. The molecule has 0 aliphatic carbocycles. The minimum Gasteiger partial charge on any atom is -0.478 e. The van der Waals surface area contributed by atoms with Crippen LogP contribution in [0.4, 0.5) is 13.2 Å². The minimum absolute atomic E-state index is 0.0607. The number of aromatic carboxylic acids is 1. The third-order valence-electron chi connectivity index (χ3n) is 2.85. The Morgan fingerprint density at radius 2 is 1.52 bits per heavy atom. The van der Waals surface area contributed by atoms with E-state index in [0.717, 1.165) is 12.1 Å². The van der Waals surface area contributed by atoms with Crippen LogP contribution in [0.2, 0.25) is 0 Å². The summed E-state index contributed by atoms with van der Waals surface area (Å²) in [4.78, 5) is 23.1. The summed E-state index contributed by atoms with van der Waals surface area (Å²) in [6, 6.07) is 9.58. The van der Waals surface area contributed by atoms with Crippen molar-refractivity contribution in [2.75, 3.05) is 0 Å². The number of carbonyl (C=O) groups is 2. The molecule has 0 unspecified atom stereocenters. The maximum Gasteiger partial charge on any atom is 0.417 e. The van der Waals surface area contributed by atoms with E-state index in [-0.39, 0.29) is 11.1 Å². The molecule has 0 heterocycles. The Bertz CT molecular complexity index is 691. The topological polar surface area (TPSA) is 54.4 Å². The van der Waals surface area contributed by atoms with Crippen LogP contribution in [0.1, 0.15) is 31.8 Å². The van der Waals surface area contributed by atoms with E-state index in [1.807, 2.05) is 0 Å². The van der Waals surface area contributed by atoms with E-state index in [1.54, 1.807) is 6.07 Å². The van der Waals surface area contributed by atoms with Gasteiger partial charge in [-0.15, -0.1) is 0 Å². The van der Waals surface area contributed by atoms with Crippen molar-refractivity contribution in [3.8, 4) is 0 Å². The van der Waals surface area contributed by atoms with Gasteiger partial charge in [0.25, 0.3) is 0 Å². The predicted octanol–water partition coefficient (Wildman–Crippen LogP) is 3.63. The van der Waals surface area contributed by atoms with Crippen molar-refractivity contribution < 1.29 is 27.9 Å². The van der Waals surface area contributed by atoms with Crippen LogP contribution < -0.4 is 0 Å². The zero-order valence-corrected chi connectivity index (χ0v) is 10.5. The number of benzene rings is 2. The molecule has 0 fully saturated rings. The lowest BCUT2D eigenvalue weighted by atomic mass is 9.96. The van der Waals surface area contributed by atoms with Gasteiger partial charge in [0.2, 0.25) is 0 Å². The molecule has 108 valence electrons. The standard InChI is InChI=1S/C15H9F3O3/c16-15(17,18)12-7-6-10(14(20)21)8-11(12)13(19)9-4-2-1-3-5-9/h1-8H,(H,20,21). The van der Waals surface area contributed by atoms with E-state index in [4.69, 9.17) is 5.11 Å². The van der Waals surface area contributed by atoms with Crippen molar-refractivity contribution in [3.05, 3.63) is 70.8 Å². The molecule has 0 amide bonds. The van der Waals surface area contributed by atoms with Crippen molar-refractivity contribution in [1.82, 2.24) is 0 Å². The van der Waals surface area contributed by atoms with Crippen molar-refractivity contribution in [3.63, 3.8) is 0 Å². The molecule has 1 N–H and O–H groups in total. The molecular weight excluding hydrogens is 285 g/mol. The van der Waals surface area contributed by atoms with Gasteiger partial charge >= 0.3 is 12.1 Å². The molecule has 0 bridgehead atoms. The number of alkyl halides is 3. The first-order valence-corrected chi connectivity index (χ1v) is 5.85. The highest BCUT2D eigenvalue weighted by atomic mass is 19.4. The summed E-state index contributed by atoms with van der Waals surface area (Å²) in [6.07, 6.45) is -4.74. The number of hydrogen-bond acceptors (Lipinski definition) is 2. The molecule has 0 saturated heterocycles. The molecular formula is C15H9F3O3. The van der Waals surface area contributed by atoms with Gasteiger partial charge in [0, 0.05) is 11.1 Å². The molecule has 0 atom stereocenters. The zero-order valence-electron chi connectivity index (χ0n) is 10.5. The summed E-state index contributed by atoms with van der Waals surface area (Å²) >= 11 is 0. The maximum absolute atomic E-state index is 13.0. The average Bonchev–Trinajstić information content (AvgIpc) is 2.45. The Kier molecular flexibility index (Phi) is 3.80. The van der Waals surface area contributed by atoms with Gasteiger partial charge in [-0.1, -0.05) is 30.3 Å². The van der Waals surface area contributed by atoms with Crippen LogP contribution in [-0.2, 0) is 6.18 Å². The first-order valence-electron chi connectivity index (χ1n) is 5.85. The van der Waals surface area contributed by atoms with Crippen molar-refractivity contribution in [2.45, 2.75) is 6.18 Å². The molecule has 0 saturated carbocycles. The largest absolute Gasteiger partial charge is 0.478 e. The van der Waals surface area contributed by atoms with Gasteiger partial charge in [0.15, 0.2) is 5.78 Å². The first kappa shape index (κ1) is 14.8. The van der Waals surface area contributed by atoms with Crippen LogP contribution >= 0.6 is 0 Å². The number of carbonyl (C=O) groups excluding carboxylic acids is 1. The van der Waals surface area contributed by atoms with Crippen molar-refractivity contribution in [1.29, 1.82) is 0 Å². The van der Waals surface area contributed by atoms with Crippen LogP contribution in [0.3, 0.4) is 0 Å². The lowest BCUT2D eigenvalue weighted by Gasteiger charge is -2.12. The lowest BCUT2D eigenvalue weighted by molar-refractivity contribution is -0.137. The molecule has 6 heteroatoms. The van der Waals surface area contributed by atoms with E-state index in [1.165, 1.54) is 24.3 Å². The summed E-state index contributed by atoms with van der Waals surface area (Å²) in [5.41, 5.74) is -2.14. The van der Waals surface area contributed by atoms with E-state index >= 15 is 0 Å². The second kappa shape index (κ2) is 5.40. The SMILES string of the molecule is O=C(O)c1ccc(C(F)(F)F)c(C(=O)c2ccccc2)c1. The quantitative estimate of drug-likeness (QED) is 0.879. The van der Waals surface area contributed by atoms with E-state index in [0.29, 0.717) is 6.07 Å². The minimum atomic E-state index is -4.74. The summed E-state index contributed by atoms with van der Waals surface area (Å²) < 4.78 is 38.9. The fraction of sp³-hybridized carbons (Fsp3) is 0.0667. The highest BCUT2D eigenvalue weighted by Gasteiger charge is 2.35. The van der Waals surface area contributed by atoms with Gasteiger partial charge < -0.3 is 5.11 Å². The number of ketones is 1. The van der Waals surface area contributed by atoms with Crippen LogP contribution in [0, 0.1) is 0 Å². The number of carboxylic acid groups (broad SMARTS) is 1. The third kappa shape index (κ3) is 3.10. The van der Waals surface area contributed by atoms with Gasteiger partial charge in [0.05, 0.1) is 11.1 Å². The van der Waals surface area contributed by atoms with Gasteiger partial charge in [-0.2, -0.15) is 13.2 Å². The smallest absolute Gasteiger partial charge is 0.417 e. The van der Waals surface area contributed by atoms with Crippen LogP contribution in [0.25, 0.3) is 0 Å². The van der Waals surface area contributed by atoms with Crippen molar-refractivity contribution >= 4 is 11.8 Å². The molecule has 2 aromatic carbocycles. The van der Waals surface area contributed by atoms with Gasteiger partial charge in [-0.25, -0.2) is 4.79 Å². The normalized spacial score (nSPS) is 11.2. The van der Waals surface area contributed by atoms with E-state index in [9.17, 15) is 22.8 Å². The lowest BCUT2D eigenvalue weighted by Crippen LogP contribution is -2.15. The fourth-order valence-electron chi connectivity index (χ4n) is 1.86. The molecule has 0 aliphatic rings. The molecule has 21 heavy (non-hydrogen) atoms. The second-order valence-corrected chi connectivity index (χ2v) is 4.26. The number of rotatable bonds is 3. The summed E-state index contributed by atoms with van der Waals surface area (Å²) in [6.45, 7) is 0. The molecule has 0 radical (unpaired) electrons. The van der Waals surface area contributed by atoms with Crippen LogP contribution in [0.15, 0.2) is 48.5 Å². The predicted molar refractivity (Wildman–Crippen MR) is 68.3 cm³/mol. The molecule has 3 nitrogen and oxygen atoms in total. The van der Waals surface area contributed by atoms with Crippen LogP contribution in [-0.4, -0.2) is 16.9 Å². The molecule has 2 aromatic rings. The van der Waals surface area contributed by atoms with E-state index in [2.05, 4.69) is 0 Å². The Balaban J connectivity index is 2.61. The van der Waals surface area contributed by atoms with Crippen LogP contribution in [0.5, 0.6) is 0 Å². The highest BCUT2D eigenvalue weighted by Crippen LogP contribution is 2.33. The van der Waals surface area contributed by atoms with Gasteiger partial charge in [-0.3, -0.25) is 4.79 Å². The number of carboxylic acids is 1. The fourth-order valence-corrected chi connectivity index (χ4v) is 1.86. The highest BCUT2D eigenvalue weighted by molar-refractivity contribution is 6.11.